The number of rotatable bonds is 9. The van der Waals surface area contributed by atoms with Crippen molar-refractivity contribution in [2.45, 2.75) is 18.9 Å². The van der Waals surface area contributed by atoms with Gasteiger partial charge in [-0.1, -0.05) is 0 Å². The second-order valence-electron chi connectivity index (χ2n) is 6.09. The first-order chi connectivity index (χ1) is 14.4. The summed E-state index contributed by atoms with van der Waals surface area (Å²) in [6.07, 6.45) is 0. The predicted molar refractivity (Wildman–Crippen MR) is 113 cm³/mol. The molecule has 1 heterocycles. The zero-order valence-corrected chi connectivity index (χ0v) is 17.3. The third-order valence-corrected chi connectivity index (χ3v) is 5.21. The van der Waals surface area contributed by atoms with Crippen LogP contribution in [-0.4, -0.2) is 37.7 Å². The number of ether oxygens (including phenoxy) is 2. The highest BCUT2D eigenvalue weighted by molar-refractivity contribution is 7.92. The summed E-state index contributed by atoms with van der Waals surface area (Å²) in [5.41, 5.74) is 0.827. The average Bonchev–Trinajstić information content (AvgIpc) is 3.23. The van der Waals surface area contributed by atoms with Crippen molar-refractivity contribution in [2.24, 2.45) is 0 Å². The lowest BCUT2D eigenvalue weighted by molar-refractivity contribution is 0.102. The van der Waals surface area contributed by atoms with Crippen LogP contribution >= 0.6 is 0 Å². The van der Waals surface area contributed by atoms with Gasteiger partial charge in [-0.25, -0.2) is 0 Å². The molecule has 3 aromatic rings. The lowest BCUT2D eigenvalue weighted by Crippen LogP contribution is -2.14. The van der Waals surface area contributed by atoms with Crippen molar-refractivity contribution in [3.05, 3.63) is 60.3 Å². The number of aromatic nitrogens is 2. The van der Waals surface area contributed by atoms with E-state index >= 15 is 0 Å². The summed E-state index contributed by atoms with van der Waals surface area (Å²) in [6, 6.07) is 14.5. The van der Waals surface area contributed by atoms with Crippen molar-refractivity contribution >= 4 is 27.3 Å². The fraction of sp³-hybridized carbons (Fsp3) is 0.200. The number of nitrogens with one attached hydrogen (secondary N) is 3. The molecule has 0 saturated heterocycles. The van der Waals surface area contributed by atoms with E-state index in [0.717, 1.165) is 0 Å². The number of benzene rings is 2. The Balaban J connectivity index is 1.67. The van der Waals surface area contributed by atoms with Crippen LogP contribution < -0.4 is 19.5 Å². The highest BCUT2D eigenvalue weighted by Gasteiger charge is 2.20. The zero-order chi connectivity index (χ0) is 21.6. The summed E-state index contributed by atoms with van der Waals surface area (Å²) in [5.74, 6) is 0.775. The summed E-state index contributed by atoms with van der Waals surface area (Å²) in [5, 5.41) is 8.61. The number of anilines is 2. The van der Waals surface area contributed by atoms with E-state index in [0.29, 0.717) is 36.1 Å². The highest BCUT2D eigenvalue weighted by Crippen LogP contribution is 2.20. The number of carbonyl (C=O) groups excluding carboxylic acids is 1. The number of carbonyl (C=O) groups is 1. The summed E-state index contributed by atoms with van der Waals surface area (Å²) in [6.45, 7) is 4.80. The topological polar surface area (TPSA) is 122 Å². The van der Waals surface area contributed by atoms with Crippen LogP contribution in [0.1, 0.15) is 24.3 Å². The number of sulfonamides is 1. The third-order valence-electron chi connectivity index (χ3n) is 3.92. The lowest BCUT2D eigenvalue weighted by Gasteiger charge is -2.07. The van der Waals surface area contributed by atoms with Gasteiger partial charge in [0.25, 0.3) is 15.9 Å². The van der Waals surface area contributed by atoms with E-state index in [1.165, 1.54) is 6.07 Å². The molecule has 1 aromatic heterocycles. The lowest BCUT2D eigenvalue weighted by atomic mass is 10.3. The zero-order valence-electron chi connectivity index (χ0n) is 16.5. The molecule has 0 spiro atoms. The second-order valence-corrected chi connectivity index (χ2v) is 7.74. The molecule has 0 saturated carbocycles. The van der Waals surface area contributed by atoms with Gasteiger partial charge in [0.1, 0.15) is 11.5 Å². The van der Waals surface area contributed by atoms with Gasteiger partial charge in [-0.3, -0.25) is 14.6 Å². The smallest absolute Gasteiger partial charge is 0.278 e. The van der Waals surface area contributed by atoms with Crippen LogP contribution in [0.4, 0.5) is 11.4 Å². The first kappa shape index (κ1) is 21.2. The molecule has 0 aliphatic carbocycles. The minimum absolute atomic E-state index is 0.0593. The molecule has 30 heavy (non-hydrogen) atoms. The summed E-state index contributed by atoms with van der Waals surface area (Å²) in [7, 11) is -3.94. The molecule has 0 bridgehead atoms. The van der Waals surface area contributed by atoms with Crippen molar-refractivity contribution in [3.63, 3.8) is 0 Å². The Morgan fingerprint density at radius 3 is 2.00 bits per heavy atom. The summed E-state index contributed by atoms with van der Waals surface area (Å²) in [4.78, 5) is 12.4. The van der Waals surface area contributed by atoms with Crippen LogP contribution in [0.3, 0.4) is 0 Å². The van der Waals surface area contributed by atoms with Crippen LogP contribution in [0.25, 0.3) is 0 Å². The molecule has 0 unspecified atom stereocenters. The highest BCUT2D eigenvalue weighted by atomic mass is 32.2. The minimum atomic E-state index is -3.94. The Morgan fingerprint density at radius 1 is 0.933 bits per heavy atom. The predicted octanol–water partition coefficient (Wildman–Crippen LogP) is 3.26. The molecule has 1 amide bonds. The number of nitrogens with zero attached hydrogens (tertiary/aromatic N) is 1. The minimum Gasteiger partial charge on any atom is -0.494 e. The normalized spacial score (nSPS) is 11.0. The molecule has 9 nitrogen and oxygen atoms in total. The maximum Gasteiger partial charge on any atom is 0.278 e. The van der Waals surface area contributed by atoms with Gasteiger partial charge in [0.05, 0.1) is 13.2 Å². The fourth-order valence-electron chi connectivity index (χ4n) is 2.55. The molecular weight excluding hydrogens is 408 g/mol. The fourth-order valence-corrected chi connectivity index (χ4v) is 3.54. The third kappa shape index (κ3) is 5.29. The molecule has 158 valence electrons. The monoisotopic (exact) mass is 430 g/mol. The Bertz CT molecular complexity index is 1090. The van der Waals surface area contributed by atoms with Crippen LogP contribution in [0, 0.1) is 0 Å². The van der Waals surface area contributed by atoms with Crippen LogP contribution in [0.2, 0.25) is 0 Å². The van der Waals surface area contributed by atoms with Crippen molar-refractivity contribution in [3.8, 4) is 11.5 Å². The molecule has 0 radical (unpaired) electrons. The number of hydrogen-bond acceptors (Lipinski definition) is 6. The first-order valence-corrected chi connectivity index (χ1v) is 10.7. The molecule has 0 fully saturated rings. The SMILES string of the molecule is CCOc1ccc(NC(=O)c2cc(S(=O)(=O)Nc3ccc(OCC)cc3)[nH]n2)cc1. The van der Waals surface area contributed by atoms with Gasteiger partial charge in [-0.05, 0) is 62.4 Å². The Hall–Kier alpha value is -3.53. The van der Waals surface area contributed by atoms with Crippen LogP contribution in [-0.2, 0) is 10.0 Å². The summed E-state index contributed by atoms with van der Waals surface area (Å²) < 4.78 is 38.2. The van der Waals surface area contributed by atoms with E-state index in [9.17, 15) is 13.2 Å². The number of hydrogen-bond donors (Lipinski definition) is 3. The molecule has 3 N–H and O–H groups in total. The van der Waals surface area contributed by atoms with Crippen LogP contribution in [0.15, 0.2) is 59.6 Å². The average molecular weight is 430 g/mol. The van der Waals surface area contributed by atoms with E-state index < -0.39 is 15.9 Å². The molecule has 0 atom stereocenters. The number of amides is 1. The van der Waals surface area contributed by atoms with E-state index in [2.05, 4.69) is 20.2 Å². The van der Waals surface area contributed by atoms with E-state index in [4.69, 9.17) is 9.47 Å². The Kier molecular flexibility index (Phi) is 6.58. The van der Waals surface area contributed by atoms with Gasteiger partial charge in [-0.2, -0.15) is 13.5 Å². The van der Waals surface area contributed by atoms with Gasteiger partial charge < -0.3 is 14.8 Å². The van der Waals surface area contributed by atoms with Crippen molar-refractivity contribution in [2.75, 3.05) is 23.3 Å². The van der Waals surface area contributed by atoms with Gasteiger partial charge in [-0.15, -0.1) is 0 Å². The van der Waals surface area contributed by atoms with Crippen LogP contribution in [0.5, 0.6) is 11.5 Å². The van der Waals surface area contributed by atoms with Crippen molar-refractivity contribution in [1.82, 2.24) is 10.2 Å². The standard InChI is InChI=1S/C20H22N4O5S/c1-3-28-16-9-5-14(6-10-16)21-20(25)18-13-19(23-22-18)30(26,27)24-15-7-11-17(12-8-15)29-4-2/h5-13,24H,3-4H2,1-2H3,(H,21,25)(H,22,23). The molecule has 0 aliphatic heterocycles. The first-order valence-electron chi connectivity index (χ1n) is 9.26. The molecule has 10 heteroatoms. The van der Waals surface area contributed by atoms with Gasteiger partial charge >= 0.3 is 0 Å². The molecular formula is C20H22N4O5S. The molecule has 0 aliphatic rings. The van der Waals surface area contributed by atoms with Gasteiger partial charge in [0, 0.05) is 17.4 Å². The van der Waals surface area contributed by atoms with Crippen molar-refractivity contribution in [1.29, 1.82) is 0 Å². The maximum absolute atomic E-state index is 12.5. The van der Waals surface area contributed by atoms with E-state index in [-0.39, 0.29) is 10.7 Å². The quantitative estimate of drug-likeness (QED) is 0.479. The number of aromatic amines is 1. The molecule has 3 rings (SSSR count). The second kappa shape index (κ2) is 9.31. The largest absolute Gasteiger partial charge is 0.494 e. The number of H-pyrrole nitrogens is 1. The van der Waals surface area contributed by atoms with Gasteiger partial charge in [0.2, 0.25) is 0 Å². The molecule has 2 aromatic carbocycles. The maximum atomic E-state index is 12.5. The van der Waals surface area contributed by atoms with E-state index in [1.54, 1.807) is 48.5 Å². The van der Waals surface area contributed by atoms with Crippen molar-refractivity contribution < 1.29 is 22.7 Å². The Labute approximate surface area is 174 Å². The van der Waals surface area contributed by atoms with Gasteiger partial charge in [0.15, 0.2) is 10.7 Å². The Morgan fingerprint density at radius 2 is 1.47 bits per heavy atom. The van der Waals surface area contributed by atoms with E-state index in [1.807, 2.05) is 13.8 Å². The summed E-state index contributed by atoms with van der Waals surface area (Å²) >= 11 is 0.